The molecular formula is C53H86O6. The quantitative estimate of drug-likeness (QED) is 0.0265. The summed E-state index contributed by atoms with van der Waals surface area (Å²) in [5.74, 6) is -1.09. The van der Waals surface area contributed by atoms with Crippen LogP contribution in [0.5, 0.6) is 0 Å². The van der Waals surface area contributed by atoms with Gasteiger partial charge >= 0.3 is 17.9 Å². The van der Waals surface area contributed by atoms with Crippen LogP contribution >= 0.6 is 0 Å². The number of ether oxygens (including phenoxy) is 3. The summed E-state index contributed by atoms with van der Waals surface area (Å²) in [5, 5.41) is 0. The summed E-state index contributed by atoms with van der Waals surface area (Å²) in [6, 6.07) is 0. The molecule has 0 aliphatic heterocycles. The summed E-state index contributed by atoms with van der Waals surface area (Å²) < 4.78 is 16.6. The number of esters is 3. The number of unbranched alkanes of at least 4 members (excludes halogenated alkanes) is 15. The van der Waals surface area contributed by atoms with Crippen LogP contribution in [0.3, 0.4) is 0 Å². The summed E-state index contributed by atoms with van der Waals surface area (Å²) in [6.45, 7) is 6.26. The van der Waals surface area contributed by atoms with Crippen LogP contribution in [0.25, 0.3) is 0 Å². The van der Waals surface area contributed by atoms with Crippen LogP contribution in [0.15, 0.2) is 97.2 Å². The lowest BCUT2D eigenvalue weighted by molar-refractivity contribution is -0.166. The Kier molecular flexibility index (Phi) is 44.1. The zero-order chi connectivity index (χ0) is 43.0. The minimum absolute atomic E-state index is 0.121. The van der Waals surface area contributed by atoms with Crippen molar-refractivity contribution < 1.29 is 28.6 Å². The fraction of sp³-hybridized carbons (Fsp3) is 0.642. The van der Waals surface area contributed by atoms with E-state index in [0.29, 0.717) is 12.8 Å². The van der Waals surface area contributed by atoms with Crippen molar-refractivity contribution in [2.45, 2.75) is 207 Å². The van der Waals surface area contributed by atoms with E-state index in [0.717, 1.165) is 96.3 Å². The number of hydrogen-bond acceptors (Lipinski definition) is 6. The Morgan fingerprint density at radius 1 is 0.373 bits per heavy atom. The normalized spacial score (nSPS) is 12.9. The number of hydrogen-bond donors (Lipinski definition) is 0. The summed E-state index contributed by atoms with van der Waals surface area (Å²) in [4.78, 5) is 37.7. The van der Waals surface area contributed by atoms with Crippen molar-refractivity contribution in [1.82, 2.24) is 0 Å². The summed E-state index contributed by atoms with van der Waals surface area (Å²) in [5.41, 5.74) is 0. The lowest BCUT2D eigenvalue weighted by atomic mass is 10.0. The highest BCUT2D eigenvalue weighted by molar-refractivity contribution is 5.72. The average Bonchev–Trinajstić information content (AvgIpc) is 3.23. The number of carbonyl (C=O) groups excluding carboxylic acids is 3. The fourth-order valence-electron chi connectivity index (χ4n) is 6.12. The van der Waals surface area contributed by atoms with E-state index < -0.39 is 12.1 Å². The van der Waals surface area contributed by atoms with Gasteiger partial charge in [0.25, 0.3) is 0 Å². The van der Waals surface area contributed by atoms with Gasteiger partial charge in [0.05, 0.1) is 6.42 Å². The Balaban J connectivity index is 4.45. The van der Waals surface area contributed by atoms with Gasteiger partial charge in [-0.2, -0.15) is 0 Å². The Hall–Kier alpha value is -3.67. The molecule has 0 bridgehead atoms. The van der Waals surface area contributed by atoms with E-state index in [2.05, 4.69) is 106 Å². The van der Waals surface area contributed by atoms with Gasteiger partial charge in [-0.05, 0) is 77.0 Å². The predicted octanol–water partition coefficient (Wildman–Crippen LogP) is 15.4. The van der Waals surface area contributed by atoms with Gasteiger partial charge < -0.3 is 14.2 Å². The molecule has 0 spiro atoms. The molecule has 0 aromatic carbocycles. The summed E-state index contributed by atoms with van der Waals surface area (Å²) in [6.07, 6.45) is 61.4. The number of allylic oxidation sites excluding steroid dienone is 15. The molecule has 1 unspecified atom stereocenters. The van der Waals surface area contributed by atoms with E-state index >= 15 is 0 Å². The molecule has 0 aromatic rings. The van der Waals surface area contributed by atoms with E-state index in [1.54, 1.807) is 6.08 Å². The van der Waals surface area contributed by atoms with Crippen LogP contribution in [-0.4, -0.2) is 37.2 Å². The lowest BCUT2D eigenvalue weighted by Gasteiger charge is -2.18. The third-order valence-electron chi connectivity index (χ3n) is 9.62. The van der Waals surface area contributed by atoms with E-state index in [1.807, 2.05) is 6.08 Å². The molecule has 0 fully saturated rings. The molecular weight excluding hydrogens is 733 g/mol. The zero-order valence-electron chi connectivity index (χ0n) is 38.0. The average molecular weight is 819 g/mol. The molecule has 0 aromatic heterocycles. The van der Waals surface area contributed by atoms with Gasteiger partial charge in [-0.1, -0.05) is 201 Å². The van der Waals surface area contributed by atoms with Gasteiger partial charge in [0.2, 0.25) is 0 Å². The maximum Gasteiger partial charge on any atom is 0.309 e. The maximum atomic E-state index is 12.7. The van der Waals surface area contributed by atoms with E-state index in [1.165, 1.54) is 64.2 Å². The summed E-state index contributed by atoms with van der Waals surface area (Å²) in [7, 11) is 0. The molecule has 334 valence electrons. The lowest BCUT2D eigenvalue weighted by Crippen LogP contribution is -2.30. The fourth-order valence-corrected chi connectivity index (χ4v) is 6.12. The smallest absolute Gasteiger partial charge is 0.309 e. The first-order chi connectivity index (χ1) is 29.0. The van der Waals surface area contributed by atoms with Crippen LogP contribution < -0.4 is 0 Å². The van der Waals surface area contributed by atoms with Crippen molar-refractivity contribution in [3.05, 3.63) is 97.2 Å². The van der Waals surface area contributed by atoms with Gasteiger partial charge in [-0.3, -0.25) is 14.4 Å². The largest absolute Gasteiger partial charge is 0.462 e. The maximum absolute atomic E-state index is 12.7. The highest BCUT2D eigenvalue weighted by atomic mass is 16.6. The Morgan fingerprint density at radius 3 is 1.19 bits per heavy atom. The van der Waals surface area contributed by atoms with Crippen molar-refractivity contribution in [3.63, 3.8) is 0 Å². The molecule has 0 saturated heterocycles. The standard InChI is InChI=1S/C53H86O6/c1-4-7-10-13-16-19-21-23-24-25-26-27-28-30-31-34-37-40-43-46-52(55)58-49-50(48-57-51(54)45-42-39-36-33-18-15-12-9-6-3)59-53(56)47-44-41-38-35-32-29-22-20-17-14-11-8-5-2/h7,9-10,12,16,18-19,23-24,26-27,30-31,33,39,42,50H,4-6,8,11,13-15,17,20-22,25,28-29,32,34-38,40-41,43-49H2,1-3H3/b10-7-,12-9-,19-16-,24-23-,27-26-,31-30-,33-18-,42-39-. The van der Waals surface area contributed by atoms with Crippen molar-refractivity contribution in [2.75, 3.05) is 13.2 Å². The third-order valence-corrected chi connectivity index (χ3v) is 9.62. The molecule has 0 aliphatic carbocycles. The molecule has 6 heteroatoms. The molecule has 1 atom stereocenters. The topological polar surface area (TPSA) is 78.9 Å². The zero-order valence-corrected chi connectivity index (χ0v) is 38.0. The van der Waals surface area contributed by atoms with Crippen LogP contribution in [0.2, 0.25) is 0 Å². The van der Waals surface area contributed by atoms with Gasteiger partial charge in [0, 0.05) is 12.8 Å². The summed E-state index contributed by atoms with van der Waals surface area (Å²) >= 11 is 0. The Labute approximate surface area is 362 Å². The predicted molar refractivity (Wildman–Crippen MR) is 251 cm³/mol. The molecule has 6 nitrogen and oxygen atoms in total. The highest BCUT2D eigenvalue weighted by Gasteiger charge is 2.19. The second-order valence-corrected chi connectivity index (χ2v) is 15.3. The second kappa shape index (κ2) is 47.0. The molecule has 0 N–H and O–H groups in total. The van der Waals surface area contributed by atoms with Crippen LogP contribution in [0, 0.1) is 0 Å². The Bertz CT molecular complexity index is 1220. The number of carbonyl (C=O) groups is 3. The first kappa shape index (κ1) is 55.3. The van der Waals surface area contributed by atoms with Crippen molar-refractivity contribution in [2.24, 2.45) is 0 Å². The SMILES string of the molecule is CC/C=C\C/C=C\C/C=C\C/C=C\C/C=C\CCCCCC(=O)OCC(COC(=O)C/C=C\C/C=C\C/C=C\CC)OC(=O)CCCCCCCCCCCCCCC. The van der Waals surface area contributed by atoms with Crippen LogP contribution in [0.4, 0.5) is 0 Å². The van der Waals surface area contributed by atoms with Gasteiger partial charge in [0.15, 0.2) is 6.10 Å². The molecule has 0 heterocycles. The van der Waals surface area contributed by atoms with Gasteiger partial charge in [0.1, 0.15) is 13.2 Å². The van der Waals surface area contributed by atoms with E-state index in [-0.39, 0.29) is 31.6 Å². The highest BCUT2D eigenvalue weighted by Crippen LogP contribution is 2.14. The van der Waals surface area contributed by atoms with Crippen LogP contribution in [0.1, 0.15) is 201 Å². The van der Waals surface area contributed by atoms with Gasteiger partial charge in [-0.25, -0.2) is 0 Å². The van der Waals surface area contributed by atoms with Crippen LogP contribution in [-0.2, 0) is 28.6 Å². The molecule has 0 rings (SSSR count). The minimum Gasteiger partial charge on any atom is -0.462 e. The second-order valence-electron chi connectivity index (χ2n) is 15.3. The minimum atomic E-state index is -0.823. The van der Waals surface area contributed by atoms with Crippen molar-refractivity contribution >= 4 is 17.9 Å². The van der Waals surface area contributed by atoms with Crippen molar-refractivity contribution in [1.29, 1.82) is 0 Å². The number of rotatable bonds is 41. The van der Waals surface area contributed by atoms with Gasteiger partial charge in [-0.15, -0.1) is 0 Å². The first-order valence-corrected chi connectivity index (χ1v) is 23.7. The Morgan fingerprint density at radius 2 is 0.729 bits per heavy atom. The molecule has 0 aliphatic rings. The van der Waals surface area contributed by atoms with Crippen molar-refractivity contribution in [3.8, 4) is 0 Å². The molecule has 0 saturated carbocycles. The monoisotopic (exact) mass is 819 g/mol. The first-order valence-electron chi connectivity index (χ1n) is 23.7. The molecule has 0 amide bonds. The molecule has 59 heavy (non-hydrogen) atoms. The van der Waals surface area contributed by atoms with E-state index in [4.69, 9.17) is 14.2 Å². The third kappa shape index (κ3) is 45.3. The van der Waals surface area contributed by atoms with E-state index in [9.17, 15) is 14.4 Å². The molecule has 0 radical (unpaired) electrons.